The van der Waals surface area contributed by atoms with Crippen molar-refractivity contribution < 1.29 is 33.3 Å². The standard InChI is InChI=1S/C7H7B2F3O4/c10-7(11,12)4-1-5(8(13)14)3-6(2-4)9(15)16/h1-3,13-16H. The highest BCUT2D eigenvalue weighted by molar-refractivity contribution is 6.62. The van der Waals surface area contributed by atoms with Crippen LogP contribution in [0.4, 0.5) is 13.2 Å². The summed E-state index contributed by atoms with van der Waals surface area (Å²) in [5.74, 6) is 0. The van der Waals surface area contributed by atoms with Crippen molar-refractivity contribution in [3.63, 3.8) is 0 Å². The molecule has 1 rings (SSSR count). The largest absolute Gasteiger partial charge is 0.488 e. The third kappa shape index (κ3) is 2.99. The molecule has 0 aliphatic heterocycles. The number of alkyl halides is 3. The van der Waals surface area contributed by atoms with Gasteiger partial charge in [0.1, 0.15) is 0 Å². The normalized spacial score (nSPS) is 11.4. The van der Waals surface area contributed by atoms with E-state index in [2.05, 4.69) is 0 Å². The van der Waals surface area contributed by atoms with Gasteiger partial charge in [0.2, 0.25) is 0 Å². The molecule has 0 fully saturated rings. The zero-order valence-corrected chi connectivity index (χ0v) is 7.81. The Labute approximate surface area is 89.3 Å². The minimum absolute atomic E-state index is 0.460. The number of hydrogen-bond donors (Lipinski definition) is 4. The topological polar surface area (TPSA) is 80.9 Å². The minimum atomic E-state index is -4.70. The molecule has 0 saturated carbocycles. The van der Waals surface area contributed by atoms with Crippen molar-refractivity contribution >= 4 is 25.2 Å². The summed E-state index contributed by atoms with van der Waals surface area (Å²) in [5.41, 5.74) is -2.10. The van der Waals surface area contributed by atoms with Gasteiger partial charge in [0, 0.05) is 0 Å². The molecule has 0 unspecified atom stereocenters. The van der Waals surface area contributed by atoms with Gasteiger partial charge < -0.3 is 20.1 Å². The van der Waals surface area contributed by atoms with Gasteiger partial charge in [-0.25, -0.2) is 0 Å². The van der Waals surface area contributed by atoms with E-state index in [9.17, 15) is 13.2 Å². The highest BCUT2D eigenvalue weighted by Crippen LogP contribution is 2.27. The maximum absolute atomic E-state index is 12.3. The van der Waals surface area contributed by atoms with Crippen LogP contribution in [0.3, 0.4) is 0 Å². The van der Waals surface area contributed by atoms with Crippen LogP contribution in [0.5, 0.6) is 0 Å². The summed E-state index contributed by atoms with van der Waals surface area (Å²) in [4.78, 5) is 0. The van der Waals surface area contributed by atoms with Crippen LogP contribution in [0.25, 0.3) is 0 Å². The van der Waals surface area contributed by atoms with Gasteiger partial charge in [0.15, 0.2) is 0 Å². The molecule has 86 valence electrons. The highest BCUT2D eigenvalue weighted by Gasteiger charge is 2.33. The average molecular weight is 234 g/mol. The van der Waals surface area contributed by atoms with Crippen molar-refractivity contribution in [3.8, 4) is 0 Å². The van der Waals surface area contributed by atoms with Gasteiger partial charge in [0.25, 0.3) is 0 Å². The monoisotopic (exact) mass is 234 g/mol. The van der Waals surface area contributed by atoms with Gasteiger partial charge in [-0.2, -0.15) is 13.2 Å². The first-order valence-electron chi connectivity index (χ1n) is 4.16. The van der Waals surface area contributed by atoms with E-state index in [1.54, 1.807) is 0 Å². The number of halogens is 3. The van der Waals surface area contributed by atoms with Crippen LogP contribution in [0, 0.1) is 0 Å². The number of hydrogen-bond acceptors (Lipinski definition) is 4. The summed E-state index contributed by atoms with van der Waals surface area (Å²) in [6, 6.07) is 1.91. The lowest BCUT2D eigenvalue weighted by atomic mass is 9.72. The van der Waals surface area contributed by atoms with Crippen LogP contribution in [0.1, 0.15) is 5.56 Å². The fourth-order valence-electron chi connectivity index (χ4n) is 1.14. The lowest BCUT2D eigenvalue weighted by Crippen LogP contribution is -2.39. The summed E-state index contributed by atoms with van der Waals surface area (Å²) in [6.07, 6.45) is -4.70. The van der Waals surface area contributed by atoms with E-state index in [1.807, 2.05) is 0 Å². The van der Waals surface area contributed by atoms with E-state index < -0.39 is 36.9 Å². The van der Waals surface area contributed by atoms with Gasteiger partial charge in [-0.05, 0) is 10.9 Å². The second kappa shape index (κ2) is 4.46. The van der Waals surface area contributed by atoms with Crippen LogP contribution in [0.2, 0.25) is 0 Å². The third-order valence-electron chi connectivity index (χ3n) is 1.90. The molecule has 0 aromatic heterocycles. The SMILES string of the molecule is OB(O)c1cc(B(O)O)cc(C(F)(F)F)c1. The van der Waals surface area contributed by atoms with Gasteiger partial charge in [-0.3, -0.25) is 0 Å². The van der Waals surface area contributed by atoms with E-state index >= 15 is 0 Å². The van der Waals surface area contributed by atoms with Crippen LogP contribution >= 0.6 is 0 Å². The van der Waals surface area contributed by atoms with Gasteiger partial charge in [-0.15, -0.1) is 0 Å². The molecule has 1 aromatic rings. The quantitative estimate of drug-likeness (QED) is 0.449. The van der Waals surface area contributed by atoms with Crippen LogP contribution in [-0.2, 0) is 6.18 Å². The lowest BCUT2D eigenvalue weighted by molar-refractivity contribution is -0.137. The zero-order chi connectivity index (χ0) is 12.5. The van der Waals surface area contributed by atoms with Gasteiger partial charge >= 0.3 is 20.4 Å². The molecule has 0 spiro atoms. The summed E-state index contributed by atoms with van der Waals surface area (Å²) in [6.45, 7) is 0. The molecule has 0 heterocycles. The predicted molar refractivity (Wildman–Crippen MR) is 51.1 cm³/mol. The Bertz CT molecular complexity index is 354. The molecular formula is C7H7B2F3O4. The van der Waals surface area contributed by atoms with Crippen molar-refractivity contribution in [3.05, 3.63) is 23.8 Å². The minimum Gasteiger partial charge on any atom is -0.423 e. The Balaban J connectivity index is 3.30. The van der Waals surface area contributed by atoms with E-state index in [0.717, 1.165) is 6.07 Å². The molecule has 1 aromatic carbocycles. The summed E-state index contributed by atoms with van der Waals surface area (Å²) in [7, 11) is -4.22. The lowest BCUT2D eigenvalue weighted by Gasteiger charge is -2.11. The maximum atomic E-state index is 12.3. The Morgan fingerprint density at radius 3 is 1.44 bits per heavy atom. The molecule has 0 aliphatic rings. The molecule has 0 radical (unpaired) electrons. The van der Waals surface area contributed by atoms with E-state index in [0.29, 0.717) is 12.1 Å². The Kier molecular flexibility index (Phi) is 3.64. The fourth-order valence-corrected chi connectivity index (χ4v) is 1.14. The van der Waals surface area contributed by atoms with E-state index in [4.69, 9.17) is 20.1 Å². The molecule has 0 atom stereocenters. The maximum Gasteiger partial charge on any atom is 0.488 e. The first kappa shape index (κ1) is 13.0. The third-order valence-corrected chi connectivity index (χ3v) is 1.90. The molecule has 4 N–H and O–H groups in total. The van der Waals surface area contributed by atoms with Gasteiger partial charge in [-0.1, -0.05) is 18.2 Å². The molecule has 9 heteroatoms. The summed E-state index contributed by atoms with van der Waals surface area (Å²) >= 11 is 0. The Morgan fingerprint density at radius 2 is 1.19 bits per heavy atom. The molecular weight excluding hydrogens is 227 g/mol. The highest BCUT2D eigenvalue weighted by atomic mass is 19.4. The second-order valence-corrected chi connectivity index (χ2v) is 3.13. The first-order chi connectivity index (χ1) is 7.21. The predicted octanol–water partition coefficient (Wildman–Crippen LogP) is -1.93. The van der Waals surface area contributed by atoms with Crippen molar-refractivity contribution in [2.24, 2.45) is 0 Å². The van der Waals surface area contributed by atoms with Crippen molar-refractivity contribution in [2.45, 2.75) is 6.18 Å². The smallest absolute Gasteiger partial charge is 0.423 e. The molecule has 0 aliphatic carbocycles. The molecule has 4 nitrogen and oxygen atoms in total. The van der Waals surface area contributed by atoms with Crippen molar-refractivity contribution in [1.29, 1.82) is 0 Å². The van der Waals surface area contributed by atoms with E-state index in [-0.39, 0.29) is 0 Å². The molecule has 0 saturated heterocycles. The second-order valence-electron chi connectivity index (χ2n) is 3.13. The van der Waals surface area contributed by atoms with Crippen molar-refractivity contribution in [1.82, 2.24) is 0 Å². The first-order valence-corrected chi connectivity index (χ1v) is 4.16. The Morgan fingerprint density at radius 1 is 0.812 bits per heavy atom. The Hall–Kier alpha value is -1.02. The fraction of sp³-hybridized carbons (Fsp3) is 0.143. The number of benzene rings is 1. The summed E-state index contributed by atoms with van der Waals surface area (Å²) < 4.78 is 37.0. The molecule has 0 amide bonds. The van der Waals surface area contributed by atoms with Crippen molar-refractivity contribution in [2.75, 3.05) is 0 Å². The van der Waals surface area contributed by atoms with Crippen LogP contribution in [0.15, 0.2) is 18.2 Å². The number of rotatable bonds is 2. The summed E-state index contributed by atoms with van der Waals surface area (Å²) in [5, 5.41) is 35.0. The molecule has 0 bridgehead atoms. The average Bonchev–Trinajstić information content (AvgIpc) is 2.15. The van der Waals surface area contributed by atoms with Crippen LogP contribution < -0.4 is 10.9 Å². The van der Waals surface area contributed by atoms with E-state index in [1.165, 1.54) is 0 Å². The zero-order valence-electron chi connectivity index (χ0n) is 7.81. The molecule has 16 heavy (non-hydrogen) atoms. The van der Waals surface area contributed by atoms with Crippen LogP contribution in [-0.4, -0.2) is 34.3 Å². The van der Waals surface area contributed by atoms with Gasteiger partial charge in [0.05, 0.1) is 5.56 Å².